The van der Waals surface area contributed by atoms with Crippen LogP contribution in [0.4, 0.5) is 0 Å². The van der Waals surface area contributed by atoms with Crippen LogP contribution in [0.3, 0.4) is 0 Å². The lowest BCUT2D eigenvalue weighted by Gasteiger charge is -2.14. The second kappa shape index (κ2) is 3.48. The van der Waals surface area contributed by atoms with Gasteiger partial charge in [-0.2, -0.15) is 0 Å². The number of rotatable bonds is 6. The van der Waals surface area contributed by atoms with Crippen molar-refractivity contribution in [3.05, 3.63) is 0 Å². The van der Waals surface area contributed by atoms with Gasteiger partial charge in [0.25, 0.3) is 0 Å². The highest BCUT2D eigenvalue weighted by molar-refractivity contribution is 5.78. The molecule has 3 rings (SSSR count). The Hall–Kier alpha value is -0.570. The molecule has 3 saturated carbocycles. The fourth-order valence-corrected chi connectivity index (χ4v) is 2.52. The van der Waals surface area contributed by atoms with Crippen LogP contribution in [0.25, 0.3) is 0 Å². The number of nitrogens with one attached hydrogen (secondary N) is 2. The van der Waals surface area contributed by atoms with Crippen molar-refractivity contribution in [1.82, 2.24) is 10.6 Å². The summed E-state index contributed by atoms with van der Waals surface area (Å²) in [6.07, 6.45) is 7.98. The van der Waals surface area contributed by atoms with Crippen LogP contribution in [0.15, 0.2) is 0 Å². The Bertz CT molecular complexity index is 265. The molecule has 0 heterocycles. The molecular formula is C12H20N2O. The molecular weight excluding hydrogens is 188 g/mol. The molecule has 1 amide bonds. The molecule has 0 spiro atoms. The molecule has 0 aromatic carbocycles. The van der Waals surface area contributed by atoms with E-state index in [9.17, 15) is 4.79 Å². The largest absolute Gasteiger partial charge is 0.352 e. The molecule has 2 N–H and O–H groups in total. The van der Waals surface area contributed by atoms with E-state index < -0.39 is 0 Å². The van der Waals surface area contributed by atoms with Crippen LogP contribution in [-0.4, -0.2) is 25.0 Å². The number of hydrogen-bond donors (Lipinski definition) is 2. The van der Waals surface area contributed by atoms with Crippen LogP contribution in [0, 0.1) is 11.3 Å². The van der Waals surface area contributed by atoms with E-state index in [0.717, 1.165) is 12.5 Å². The summed E-state index contributed by atoms with van der Waals surface area (Å²) >= 11 is 0. The highest BCUT2D eigenvalue weighted by Gasteiger charge is 2.53. The summed E-state index contributed by atoms with van der Waals surface area (Å²) in [5.74, 6) is 1.17. The van der Waals surface area contributed by atoms with Crippen molar-refractivity contribution in [2.24, 2.45) is 11.3 Å². The van der Waals surface area contributed by atoms with Gasteiger partial charge in [-0.05, 0) is 49.9 Å². The molecule has 0 aromatic rings. The summed E-state index contributed by atoms with van der Waals surface area (Å²) in [5.41, 5.74) is 0.611. The lowest BCUT2D eigenvalue weighted by Crippen LogP contribution is -2.37. The smallest absolute Gasteiger partial charge is 0.234 e. The minimum atomic E-state index is 0.184. The van der Waals surface area contributed by atoms with Gasteiger partial charge in [-0.15, -0.1) is 0 Å². The fraction of sp³-hybridized carbons (Fsp3) is 0.917. The summed E-state index contributed by atoms with van der Waals surface area (Å²) in [6, 6.07) is 0.498. The van der Waals surface area contributed by atoms with Gasteiger partial charge in [0.2, 0.25) is 5.91 Å². The zero-order chi connectivity index (χ0) is 10.3. The van der Waals surface area contributed by atoms with Crippen molar-refractivity contribution in [2.45, 2.75) is 44.6 Å². The van der Waals surface area contributed by atoms with Crippen molar-refractivity contribution in [1.29, 1.82) is 0 Å². The van der Waals surface area contributed by atoms with Crippen LogP contribution in [0.5, 0.6) is 0 Å². The van der Waals surface area contributed by atoms with E-state index in [2.05, 4.69) is 10.6 Å². The van der Waals surface area contributed by atoms with Gasteiger partial charge >= 0.3 is 0 Å². The molecule has 3 heteroatoms. The van der Waals surface area contributed by atoms with Gasteiger partial charge in [0, 0.05) is 12.6 Å². The zero-order valence-corrected chi connectivity index (χ0v) is 9.22. The summed E-state index contributed by atoms with van der Waals surface area (Å²) in [4.78, 5) is 11.4. The Morgan fingerprint density at radius 3 is 2.47 bits per heavy atom. The first-order valence-corrected chi connectivity index (χ1v) is 6.29. The molecule has 0 saturated heterocycles. The molecule has 3 aliphatic rings. The van der Waals surface area contributed by atoms with E-state index in [1.165, 1.54) is 38.5 Å². The van der Waals surface area contributed by atoms with Crippen LogP contribution in [0.2, 0.25) is 0 Å². The molecule has 0 atom stereocenters. The molecule has 3 fully saturated rings. The summed E-state index contributed by atoms with van der Waals surface area (Å²) in [7, 11) is 0. The van der Waals surface area contributed by atoms with E-state index >= 15 is 0 Å². The number of carbonyl (C=O) groups excluding carboxylic acids is 1. The third-order valence-electron chi connectivity index (χ3n) is 4.04. The van der Waals surface area contributed by atoms with Crippen LogP contribution in [0.1, 0.15) is 38.5 Å². The molecule has 3 nitrogen and oxygen atoms in total. The van der Waals surface area contributed by atoms with E-state index in [1.807, 2.05) is 0 Å². The molecule has 0 aliphatic heterocycles. The van der Waals surface area contributed by atoms with E-state index in [1.54, 1.807) is 0 Å². The number of carbonyl (C=O) groups is 1. The van der Waals surface area contributed by atoms with Gasteiger partial charge in [-0.3, -0.25) is 4.79 Å². The highest BCUT2D eigenvalue weighted by atomic mass is 16.2. The number of hydrogen-bond acceptors (Lipinski definition) is 2. The molecule has 0 aromatic heterocycles. The zero-order valence-electron chi connectivity index (χ0n) is 9.22. The topological polar surface area (TPSA) is 41.1 Å². The first-order valence-electron chi connectivity index (χ1n) is 6.29. The molecule has 15 heavy (non-hydrogen) atoms. The summed E-state index contributed by atoms with van der Waals surface area (Å²) in [6.45, 7) is 1.58. The average molecular weight is 208 g/mol. The Labute approximate surface area is 91.0 Å². The van der Waals surface area contributed by atoms with Gasteiger partial charge in [-0.1, -0.05) is 0 Å². The van der Waals surface area contributed by atoms with Crippen molar-refractivity contribution in [2.75, 3.05) is 13.1 Å². The molecule has 0 bridgehead atoms. The van der Waals surface area contributed by atoms with Gasteiger partial charge in [0.15, 0.2) is 0 Å². The second-order valence-corrected chi connectivity index (χ2v) is 5.58. The lowest BCUT2D eigenvalue weighted by atomic mass is 10.0. The Kier molecular flexibility index (Phi) is 2.23. The van der Waals surface area contributed by atoms with Crippen molar-refractivity contribution >= 4 is 5.91 Å². The normalized spacial score (nSPS) is 27.5. The maximum absolute atomic E-state index is 11.4. The van der Waals surface area contributed by atoms with Gasteiger partial charge < -0.3 is 10.6 Å². The first kappa shape index (κ1) is 9.64. The van der Waals surface area contributed by atoms with Crippen LogP contribution < -0.4 is 10.6 Å². The van der Waals surface area contributed by atoms with Crippen LogP contribution >= 0.6 is 0 Å². The minimum absolute atomic E-state index is 0.184. The summed E-state index contributed by atoms with van der Waals surface area (Å²) < 4.78 is 0. The lowest BCUT2D eigenvalue weighted by molar-refractivity contribution is -0.120. The fourth-order valence-electron chi connectivity index (χ4n) is 2.52. The van der Waals surface area contributed by atoms with E-state index in [4.69, 9.17) is 0 Å². The summed E-state index contributed by atoms with van der Waals surface area (Å²) in [5, 5.41) is 6.33. The molecule has 0 radical (unpaired) electrons. The molecule has 3 aliphatic carbocycles. The third kappa shape index (κ3) is 2.33. The SMILES string of the molecule is O=C(CNCC1(C2CC2)CC1)NC1CC1. The molecule has 84 valence electrons. The predicted octanol–water partition coefficient (Wildman–Crippen LogP) is 1.04. The average Bonchev–Trinajstić information content (AvgIpc) is 3.03. The Morgan fingerprint density at radius 2 is 1.93 bits per heavy atom. The minimum Gasteiger partial charge on any atom is -0.352 e. The predicted molar refractivity (Wildman–Crippen MR) is 58.4 cm³/mol. The first-order chi connectivity index (χ1) is 7.28. The van der Waals surface area contributed by atoms with E-state index in [0.29, 0.717) is 18.0 Å². The number of amides is 1. The van der Waals surface area contributed by atoms with E-state index in [-0.39, 0.29) is 5.91 Å². The van der Waals surface area contributed by atoms with Crippen molar-refractivity contribution in [3.8, 4) is 0 Å². The van der Waals surface area contributed by atoms with Crippen LogP contribution in [-0.2, 0) is 4.79 Å². The molecule has 0 unspecified atom stereocenters. The van der Waals surface area contributed by atoms with Crippen molar-refractivity contribution < 1.29 is 4.79 Å². The standard InChI is InChI=1S/C12H20N2O/c15-11(14-10-3-4-10)7-13-8-12(5-6-12)9-1-2-9/h9-10,13H,1-8H2,(H,14,15). The maximum Gasteiger partial charge on any atom is 0.234 e. The highest BCUT2D eigenvalue weighted by Crippen LogP contribution is 2.60. The monoisotopic (exact) mass is 208 g/mol. The quantitative estimate of drug-likeness (QED) is 0.685. The second-order valence-electron chi connectivity index (χ2n) is 5.58. The van der Waals surface area contributed by atoms with Gasteiger partial charge in [-0.25, -0.2) is 0 Å². The Balaban J connectivity index is 1.33. The maximum atomic E-state index is 11.4. The van der Waals surface area contributed by atoms with Crippen molar-refractivity contribution in [3.63, 3.8) is 0 Å². The third-order valence-corrected chi connectivity index (χ3v) is 4.04. The van der Waals surface area contributed by atoms with Gasteiger partial charge in [0.1, 0.15) is 0 Å². The van der Waals surface area contributed by atoms with Gasteiger partial charge in [0.05, 0.1) is 6.54 Å². The Morgan fingerprint density at radius 1 is 1.20 bits per heavy atom.